The lowest BCUT2D eigenvalue weighted by atomic mass is 9.97. The molecule has 2 fully saturated rings. The molecular formula is C22H27ClFN5O4. The molecule has 0 unspecified atom stereocenters. The highest BCUT2D eigenvalue weighted by Crippen LogP contribution is 2.19. The van der Waals surface area contributed by atoms with E-state index in [2.05, 4.69) is 21.4 Å². The molecular weight excluding hydrogens is 453 g/mol. The first-order valence-corrected chi connectivity index (χ1v) is 11.2. The summed E-state index contributed by atoms with van der Waals surface area (Å²) in [5.74, 6) is -2.54. The summed E-state index contributed by atoms with van der Waals surface area (Å²) in [4.78, 5) is 50.1. The van der Waals surface area contributed by atoms with E-state index in [1.54, 1.807) is 0 Å². The Morgan fingerprint density at radius 1 is 1.30 bits per heavy atom. The molecule has 2 saturated heterocycles. The topological polar surface area (TPSA) is 120 Å². The molecule has 33 heavy (non-hydrogen) atoms. The van der Waals surface area contributed by atoms with Gasteiger partial charge in [-0.15, -0.1) is 0 Å². The maximum absolute atomic E-state index is 14.0. The second-order valence-electron chi connectivity index (χ2n) is 7.96. The lowest BCUT2D eigenvalue weighted by Gasteiger charge is -2.35. The van der Waals surface area contributed by atoms with Crippen LogP contribution >= 0.6 is 11.6 Å². The van der Waals surface area contributed by atoms with Crippen molar-refractivity contribution in [1.29, 1.82) is 0 Å². The van der Waals surface area contributed by atoms with Crippen molar-refractivity contribution in [3.05, 3.63) is 40.7 Å². The van der Waals surface area contributed by atoms with Crippen molar-refractivity contribution in [3.8, 4) is 0 Å². The Morgan fingerprint density at radius 2 is 2.09 bits per heavy atom. The van der Waals surface area contributed by atoms with Crippen LogP contribution in [0.25, 0.3) is 6.08 Å². The predicted molar refractivity (Wildman–Crippen MR) is 120 cm³/mol. The first-order chi connectivity index (χ1) is 15.8. The van der Waals surface area contributed by atoms with Crippen molar-refractivity contribution in [1.82, 2.24) is 26.4 Å². The highest BCUT2D eigenvalue weighted by Gasteiger charge is 2.36. The van der Waals surface area contributed by atoms with Crippen LogP contribution in [0, 0.1) is 11.7 Å². The fraction of sp³-hybridized carbons (Fsp3) is 0.455. The van der Waals surface area contributed by atoms with Gasteiger partial charge < -0.3 is 16.0 Å². The smallest absolute Gasteiger partial charge is 0.261 e. The van der Waals surface area contributed by atoms with Gasteiger partial charge in [0.2, 0.25) is 17.7 Å². The minimum atomic E-state index is -0.908. The molecule has 0 bridgehead atoms. The van der Waals surface area contributed by atoms with Crippen molar-refractivity contribution >= 4 is 41.3 Å². The predicted octanol–water partition coefficient (Wildman–Crippen LogP) is 0.745. The average molecular weight is 480 g/mol. The molecule has 0 radical (unpaired) electrons. The molecule has 2 aliphatic rings. The summed E-state index contributed by atoms with van der Waals surface area (Å²) in [6.07, 6.45) is 4.27. The number of hydrogen-bond donors (Lipinski definition) is 4. The van der Waals surface area contributed by atoms with E-state index in [1.807, 2.05) is 0 Å². The Labute approximate surface area is 196 Å². The van der Waals surface area contributed by atoms with Crippen LogP contribution in [0.15, 0.2) is 24.3 Å². The molecule has 3 atom stereocenters. The van der Waals surface area contributed by atoms with Gasteiger partial charge in [0.05, 0.1) is 0 Å². The molecule has 2 aliphatic heterocycles. The highest BCUT2D eigenvalue weighted by atomic mass is 35.5. The van der Waals surface area contributed by atoms with Crippen molar-refractivity contribution in [2.24, 2.45) is 5.92 Å². The van der Waals surface area contributed by atoms with Crippen LogP contribution in [0.1, 0.15) is 31.2 Å². The van der Waals surface area contributed by atoms with Crippen LogP contribution in [-0.4, -0.2) is 60.9 Å². The Kier molecular flexibility index (Phi) is 8.40. The Morgan fingerprint density at radius 3 is 2.76 bits per heavy atom. The first kappa shape index (κ1) is 24.7. The molecule has 1 aromatic rings. The molecule has 4 N–H and O–H groups in total. The van der Waals surface area contributed by atoms with Crippen LogP contribution in [0.3, 0.4) is 0 Å². The molecule has 11 heteroatoms. The van der Waals surface area contributed by atoms with E-state index in [0.717, 1.165) is 6.07 Å². The van der Waals surface area contributed by atoms with Crippen molar-refractivity contribution in [2.75, 3.05) is 20.1 Å². The summed E-state index contributed by atoms with van der Waals surface area (Å²) in [6, 6.07) is 2.32. The zero-order chi connectivity index (χ0) is 24.0. The molecule has 0 spiro atoms. The molecule has 178 valence electrons. The summed E-state index contributed by atoms with van der Waals surface area (Å²) in [5.41, 5.74) is 3.08. The van der Waals surface area contributed by atoms with Crippen LogP contribution in [0.5, 0.6) is 0 Å². The number of hydrazine groups is 1. The maximum Gasteiger partial charge on any atom is 0.261 e. The van der Waals surface area contributed by atoms with Gasteiger partial charge in [-0.3, -0.25) is 24.2 Å². The Hall–Kier alpha value is -2.98. The molecule has 1 aromatic carbocycles. The molecule has 4 amide bonds. The fourth-order valence-corrected chi connectivity index (χ4v) is 4.08. The number of likely N-dealkylation sites (N-methyl/N-ethyl adjacent to an activating group) is 1. The second-order valence-corrected chi connectivity index (χ2v) is 8.40. The van der Waals surface area contributed by atoms with Crippen molar-refractivity contribution in [2.45, 2.75) is 37.8 Å². The minimum absolute atomic E-state index is 0.145. The van der Waals surface area contributed by atoms with Crippen LogP contribution in [0.2, 0.25) is 5.02 Å². The van der Waals surface area contributed by atoms with Gasteiger partial charge in [-0.1, -0.05) is 17.7 Å². The molecule has 0 saturated carbocycles. The van der Waals surface area contributed by atoms with Gasteiger partial charge >= 0.3 is 0 Å². The van der Waals surface area contributed by atoms with E-state index in [1.165, 1.54) is 36.3 Å². The van der Waals surface area contributed by atoms with Gasteiger partial charge in [0, 0.05) is 42.7 Å². The lowest BCUT2D eigenvalue weighted by molar-refractivity contribution is -0.143. The lowest BCUT2D eigenvalue weighted by Crippen LogP contribution is -2.60. The van der Waals surface area contributed by atoms with Gasteiger partial charge in [0.1, 0.15) is 17.9 Å². The number of hydrogen-bond acceptors (Lipinski definition) is 5. The summed E-state index contributed by atoms with van der Waals surface area (Å²) >= 11 is 5.75. The van der Waals surface area contributed by atoms with E-state index in [4.69, 9.17) is 11.6 Å². The number of nitrogens with one attached hydrogen (secondary N) is 4. The second kappa shape index (κ2) is 11.2. The van der Waals surface area contributed by atoms with Crippen LogP contribution in [-0.2, 0) is 19.2 Å². The Bertz CT molecular complexity index is 957. The van der Waals surface area contributed by atoms with E-state index >= 15 is 0 Å². The van der Waals surface area contributed by atoms with Gasteiger partial charge in [-0.2, -0.15) is 0 Å². The fourth-order valence-electron chi connectivity index (χ4n) is 3.92. The van der Waals surface area contributed by atoms with E-state index in [-0.39, 0.29) is 28.8 Å². The van der Waals surface area contributed by atoms with E-state index in [0.29, 0.717) is 32.4 Å². The summed E-state index contributed by atoms with van der Waals surface area (Å²) in [7, 11) is 1.45. The monoisotopic (exact) mass is 479 g/mol. The van der Waals surface area contributed by atoms with E-state index < -0.39 is 35.6 Å². The van der Waals surface area contributed by atoms with Gasteiger partial charge in [-0.25, -0.2) is 9.82 Å². The molecule has 3 rings (SSSR count). The average Bonchev–Trinajstić information content (AvgIpc) is 3.21. The highest BCUT2D eigenvalue weighted by molar-refractivity contribution is 6.30. The Balaban J connectivity index is 1.69. The molecule has 0 aliphatic carbocycles. The summed E-state index contributed by atoms with van der Waals surface area (Å²) in [6.45, 7) is 1.02. The number of benzene rings is 1. The SMILES string of the molecule is CNC(=O)[C@H](C[C@@H]1CCNC1=O)NC(=O)[C@@H]1CCCNN1C(=O)/C=C/c1ccc(Cl)cc1F. The summed E-state index contributed by atoms with van der Waals surface area (Å²) in [5, 5.41) is 9.35. The third-order valence-corrected chi connectivity index (χ3v) is 5.95. The number of carbonyl (C=O) groups is 4. The third kappa shape index (κ3) is 6.29. The number of amides is 4. The summed E-state index contributed by atoms with van der Waals surface area (Å²) < 4.78 is 14.0. The standard InChI is InChI=1S/C22H27ClFN5O4/c1-25-21(32)17(11-14-8-10-26-20(14)31)28-22(33)18-3-2-9-27-29(18)19(30)7-5-13-4-6-15(23)12-16(13)24/h4-7,12,14,17-18,27H,2-3,8-11H2,1H3,(H,25,32)(H,26,31)(H,28,33)/b7-5+/t14-,17-,18-/m0/s1. The number of nitrogens with zero attached hydrogens (tertiary/aromatic N) is 1. The zero-order valence-electron chi connectivity index (χ0n) is 18.2. The minimum Gasteiger partial charge on any atom is -0.357 e. The molecule has 0 aromatic heterocycles. The van der Waals surface area contributed by atoms with Gasteiger partial charge in [0.25, 0.3) is 5.91 Å². The first-order valence-electron chi connectivity index (χ1n) is 10.8. The largest absolute Gasteiger partial charge is 0.357 e. The maximum atomic E-state index is 14.0. The van der Waals surface area contributed by atoms with E-state index in [9.17, 15) is 23.6 Å². The van der Waals surface area contributed by atoms with Gasteiger partial charge in [-0.05, 0) is 43.9 Å². The van der Waals surface area contributed by atoms with Crippen LogP contribution < -0.4 is 21.4 Å². The van der Waals surface area contributed by atoms with Crippen molar-refractivity contribution < 1.29 is 23.6 Å². The normalized spacial score (nSPS) is 21.5. The third-order valence-electron chi connectivity index (χ3n) is 5.72. The number of carbonyl (C=O) groups excluding carboxylic acids is 4. The zero-order valence-corrected chi connectivity index (χ0v) is 19.0. The van der Waals surface area contributed by atoms with Gasteiger partial charge in [0.15, 0.2) is 0 Å². The molecule has 9 nitrogen and oxygen atoms in total. The van der Waals surface area contributed by atoms with Crippen LogP contribution in [0.4, 0.5) is 4.39 Å². The van der Waals surface area contributed by atoms with Crippen molar-refractivity contribution in [3.63, 3.8) is 0 Å². The number of halogens is 2. The number of rotatable bonds is 7. The quantitative estimate of drug-likeness (QED) is 0.430. The molecule has 2 heterocycles.